The number of aromatic nitrogens is 2. The van der Waals surface area contributed by atoms with Gasteiger partial charge >= 0.3 is 11.7 Å². The lowest BCUT2D eigenvalue weighted by atomic mass is 10.1. The number of aliphatic carboxylic acids is 1. The van der Waals surface area contributed by atoms with Gasteiger partial charge in [-0.05, 0) is 53.9 Å². The maximum absolute atomic E-state index is 13.1. The van der Waals surface area contributed by atoms with Crippen molar-refractivity contribution in [2.45, 2.75) is 26.5 Å². The van der Waals surface area contributed by atoms with Crippen molar-refractivity contribution in [3.8, 4) is 11.8 Å². The number of carboxylic acids is 1. The molecule has 0 radical (unpaired) electrons. The third kappa shape index (κ3) is 7.43. The first-order valence-corrected chi connectivity index (χ1v) is 15.8. The Balaban J connectivity index is 1.24. The minimum atomic E-state index is -3.94. The van der Waals surface area contributed by atoms with Crippen molar-refractivity contribution in [3.05, 3.63) is 110 Å². The van der Waals surface area contributed by atoms with E-state index in [1.165, 1.54) is 4.31 Å². The Morgan fingerprint density at radius 2 is 1.60 bits per heavy atom. The molecular weight excluding hydrogens is 598 g/mol. The molecule has 0 spiro atoms. The van der Waals surface area contributed by atoms with E-state index in [0.29, 0.717) is 24.2 Å². The van der Waals surface area contributed by atoms with Crippen molar-refractivity contribution < 1.29 is 23.2 Å². The molecule has 1 aliphatic heterocycles. The number of hydrogen-bond donors (Lipinski definition) is 3. The first kappa shape index (κ1) is 31.5. The second-order valence-corrected chi connectivity index (χ2v) is 12.6. The minimum Gasteiger partial charge on any atom is -0.480 e. The van der Waals surface area contributed by atoms with E-state index in [4.69, 9.17) is 4.84 Å². The molecule has 0 aliphatic carbocycles. The largest absolute Gasteiger partial charge is 0.480 e. The van der Waals surface area contributed by atoms with Gasteiger partial charge in [-0.25, -0.2) is 4.79 Å². The first-order chi connectivity index (χ1) is 21.5. The summed E-state index contributed by atoms with van der Waals surface area (Å²) in [5.74, 6) is 4.54. The molecule has 3 N–H and O–H groups in total. The van der Waals surface area contributed by atoms with Gasteiger partial charge in [-0.2, -0.15) is 17.4 Å². The van der Waals surface area contributed by atoms with Crippen LogP contribution in [0.3, 0.4) is 0 Å². The molecule has 0 saturated carbocycles. The molecule has 1 saturated heterocycles. The number of nitrogens with one attached hydrogen (secondary N) is 2. The number of rotatable bonds is 9. The van der Waals surface area contributed by atoms with Gasteiger partial charge in [0.2, 0.25) is 0 Å². The van der Waals surface area contributed by atoms with E-state index < -0.39 is 39.4 Å². The molecule has 1 atom stereocenters. The molecule has 1 fully saturated rings. The fraction of sp³-hybridized carbons (Fsp3) is 0.281. The second kappa shape index (κ2) is 13.4. The van der Waals surface area contributed by atoms with Gasteiger partial charge < -0.3 is 19.8 Å². The highest BCUT2D eigenvalue weighted by Crippen LogP contribution is 2.19. The Kier molecular flexibility index (Phi) is 9.38. The Bertz CT molecular complexity index is 1970. The predicted octanol–water partition coefficient (Wildman–Crippen LogP) is 1.78. The summed E-state index contributed by atoms with van der Waals surface area (Å²) in [6.45, 7) is 4.68. The Labute approximate surface area is 260 Å². The number of fused-ring (bicyclic) bond motifs is 1. The van der Waals surface area contributed by atoms with Crippen LogP contribution in [0.2, 0.25) is 0 Å². The van der Waals surface area contributed by atoms with Gasteiger partial charge in [0, 0.05) is 43.0 Å². The average Bonchev–Trinajstić information content (AvgIpc) is 3.03. The highest BCUT2D eigenvalue weighted by molar-refractivity contribution is 7.87. The number of hydrogen-bond acceptors (Lipinski definition) is 7. The zero-order valence-electron chi connectivity index (χ0n) is 24.8. The van der Waals surface area contributed by atoms with Gasteiger partial charge in [0.25, 0.3) is 15.8 Å². The van der Waals surface area contributed by atoms with E-state index in [-0.39, 0.29) is 25.1 Å². The zero-order valence-corrected chi connectivity index (χ0v) is 25.6. The number of benzene rings is 3. The molecule has 0 bridgehead atoms. The number of piperazine rings is 1. The fourth-order valence-electron chi connectivity index (χ4n) is 4.90. The van der Waals surface area contributed by atoms with Crippen molar-refractivity contribution >= 4 is 32.8 Å². The van der Waals surface area contributed by atoms with Gasteiger partial charge in [-0.15, -0.1) is 0 Å². The molecule has 2 heterocycles. The van der Waals surface area contributed by atoms with Gasteiger partial charge in [0.15, 0.2) is 0 Å². The summed E-state index contributed by atoms with van der Waals surface area (Å²) in [6, 6.07) is 20.5. The Hall–Kier alpha value is -4.90. The minimum absolute atomic E-state index is 0.0579. The van der Waals surface area contributed by atoms with E-state index in [1.54, 1.807) is 32.0 Å². The number of anilines is 1. The van der Waals surface area contributed by atoms with Crippen LogP contribution in [-0.4, -0.2) is 65.7 Å². The maximum atomic E-state index is 13.1. The van der Waals surface area contributed by atoms with E-state index in [2.05, 4.69) is 26.4 Å². The lowest BCUT2D eigenvalue weighted by molar-refractivity contribution is -0.140. The first-order valence-electron chi connectivity index (χ1n) is 14.4. The molecular formula is C32H33N5O7S. The molecule has 234 valence electrons. The van der Waals surface area contributed by atoms with Crippen molar-refractivity contribution in [2.24, 2.45) is 5.92 Å². The van der Waals surface area contributed by atoms with Gasteiger partial charge in [0.1, 0.15) is 12.6 Å². The van der Waals surface area contributed by atoms with E-state index >= 15 is 0 Å². The van der Waals surface area contributed by atoms with Crippen LogP contribution < -0.4 is 25.7 Å². The molecule has 12 nitrogen and oxygen atoms in total. The van der Waals surface area contributed by atoms with Crippen LogP contribution in [0.1, 0.15) is 30.5 Å². The van der Waals surface area contributed by atoms with Crippen molar-refractivity contribution in [2.75, 3.05) is 31.1 Å². The summed E-state index contributed by atoms with van der Waals surface area (Å²) in [5.41, 5.74) is 2.17. The van der Waals surface area contributed by atoms with Crippen LogP contribution in [-0.2, 0) is 21.6 Å². The summed E-state index contributed by atoms with van der Waals surface area (Å²) >= 11 is 0. The summed E-state index contributed by atoms with van der Waals surface area (Å²) in [6.07, 6.45) is 0. The lowest BCUT2D eigenvalue weighted by Crippen LogP contribution is -2.55. The molecule has 0 amide bonds. The third-order valence-corrected chi connectivity index (χ3v) is 9.03. The molecule has 1 aliphatic rings. The van der Waals surface area contributed by atoms with Crippen molar-refractivity contribution in [1.29, 1.82) is 0 Å². The van der Waals surface area contributed by atoms with Crippen molar-refractivity contribution in [1.82, 2.24) is 18.7 Å². The summed E-state index contributed by atoms with van der Waals surface area (Å²) in [4.78, 5) is 47.2. The van der Waals surface area contributed by atoms with Gasteiger partial charge in [-0.1, -0.05) is 60.8 Å². The second-order valence-electron chi connectivity index (χ2n) is 10.9. The average molecular weight is 632 g/mol. The van der Waals surface area contributed by atoms with Crippen LogP contribution in [0.4, 0.5) is 5.69 Å². The predicted molar refractivity (Wildman–Crippen MR) is 170 cm³/mol. The van der Waals surface area contributed by atoms with Crippen LogP contribution >= 0.6 is 0 Å². The lowest BCUT2D eigenvalue weighted by Gasteiger charge is -2.36. The number of aromatic amines is 1. The van der Waals surface area contributed by atoms with Crippen LogP contribution in [0.25, 0.3) is 10.9 Å². The standard InChI is InChI=1S/C32H33N5O7S/c1-22(2)29(31(39)40)34-45(42,43)36-18-16-35(17-19-36)26-13-10-23(11-14-26)8-9-24-12-15-28-27(20-24)30(38)37(32(41)33-28)44-21-25-6-4-3-5-7-25/h3-7,10-15,20,22,29,34H,16-19,21H2,1-2H3,(H,33,41)(H,39,40)/t29-/m1/s1. The molecule has 1 aromatic heterocycles. The Morgan fingerprint density at radius 3 is 2.24 bits per heavy atom. The van der Waals surface area contributed by atoms with E-state index in [9.17, 15) is 27.9 Å². The normalized spacial score (nSPS) is 14.6. The zero-order chi connectivity index (χ0) is 32.1. The third-order valence-electron chi connectivity index (χ3n) is 7.43. The summed E-state index contributed by atoms with van der Waals surface area (Å²) in [5, 5.41) is 9.62. The summed E-state index contributed by atoms with van der Waals surface area (Å²) in [7, 11) is -3.94. The topological polar surface area (TPSA) is 154 Å². The number of carbonyl (C=O) groups is 1. The van der Waals surface area contributed by atoms with Gasteiger partial charge in [0.05, 0.1) is 10.9 Å². The number of nitrogens with zero attached hydrogens (tertiary/aromatic N) is 3. The maximum Gasteiger partial charge on any atom is 0.362 e. The Morgan fingerprint density at radius 1 is 0.956 bits per heavy atom. The molecule has 3 aromatic carbocycles. The fourth-order valence-corrected chi connectivity index (χ4v) is 6.39. The van der Waals surface area contributed by atoms with Crippen LogP contribution in [0, 0.1) is 17.8 Å². The van der Waals surface area contributed by atoms with Gasteiger partial charge in [-0.3, -0.25) is 9.59 Å². The van der Waals surface area contributed by atoms with E-state index in [0.717, 1.165) is 21.5 Å². The molecule has 45 heavy (non-hydrogen) atoms. The molecule has 4 aromatic rings. The van der Waals surface area contributed by atoms with Crippen LogP contribution in [0.15, 0.2) is 82.4 Å². The van der Waals surface area contributed by atoms with Crippen LogP contribution in [0.5, 0.6) is 0 Å². The monoisotopic (exact) mass is 631 g/mol. The van der Waals surface area contributed by atoms with Crippen molar-refractivity contribution in [3.63, 3.8) is 0 Å². The highest BCUT2D eigenvalue weighted by Gasteiger charge is 2.33. The molecule has 5 rings (SSSR count). The number of carboxylic acid groups (broad SMARTS) is 1. The quantitative estimate of drug-likeness (QED) is 0.236. The summed E-state index contributed by atoms with van der Waals surface area (Å²) < 4.78 is 29.8. The SMILES string of the molecule is CC(C)[C@@H](NS(=O)(=O)N1CCN(c2ccc(C#Cc3ccc4[nH]c(=O)n(OCc5ccccc5)c(=O)c4c3)cc2)CC1)C(=O)O. The highest BCUT2D eigenvalue weighted by atomic mass is 32.2. The number of H-pyrrole nitrogens is 1. The van der Waals surface area contributed by atoms with E-state index in [1.807, 2.05) is 54.6 Å². The molecule has 13 heteroatoms. The molecule has 0 unspecified atom stereocenters. The smallest absolute Gasteiger partial charge is 0.362 e.